The number of benzene rings is 2. The van der Waals surface area contributed by atoms with Crippen molar-refractivity contribution in [1.29, 1.82) is 0 Å². The topological polar surface area (TPSA) is 88.8 Å². The van der Waals surface area contributed by atoms with E-state index in [4.69, 9.17) is 15.5 Å². The van der Waals surface area contributed by atoms with Crippen LogP contribution < -0.4 is 15.4 Å². The molecule has 0 bridgehead atoms. The quantitative estimate of drug-likeness (QED) is 0.561. The molecule has 2 aromatic carbocycles. The maximum Gasteiger partial charge on any atom is 0.298 e. The second-order valence-electron chi connectivity index (χ2n) is 8.54. The zero-order valence-electron chi connectivity index (χ0n) is 19.4. The first-order valence-corrected chi connectivity index (χ1v) is 11.7. The molecule has 2 N–H and O–H groups in total. The predicted octanol–water partition coefficient (Wildman–Crippen LogP) is 4.15. The Hall–Kier alpha value is -3.83. The molecule has 1 fully saturated rings. The highest BCUT2D eigenvalue weighted by molar-refractivity contribution is 7.18. The van der Waals surface area contributed by atoms with E-state index in [1.165, 1.54) is 11.3 Å². The van der Waals surface area contributed by atoms with Crippen LogP contribution in [0.5, 0.6) is 11.5 Å². The third-order valence-electron chi connectivity index (χ3n) is 5.60. The summed E-state index contributed by atoms with van der Waals surface area (Å²) in [6.07, 6.45) is 0. The number of carbonyl (C=O) groups excluding carboxylic acids is 2. The Kier molecular flexibility index (Phi) is 6.57. The normalized spacial score (nSPS) is 14.8. The second-order valence-corrected chi connectivity index (χ2v) is 9.52. The number of rotatable bonds is 5. The van der Waals surface area contributed by atoms with Gasteiger partial charge < -0.3 is 20.3 Å². The Morgan fingerprint density at radius 3 is 2.35 bits per heavy atom. The maximum atomic E-state index is 12.3. The number of amides is 2. The maximum absolute atomic E-state index is 12.3. The number of nitrogens with zero attached hydrogens (tertiary/aromatic N) is 3. The number of aromatic nitrogens is 1. The Labute approximate surface area is 203 Å². The average Bonchev–Trinajstić information content (AvgIpc) is 3.25. The molecular formula is C26H26N4O3S. The fourth-order valence-corrected chi connectivity index (χ4v) is 5.09. The van der Waals surface area contributed by atoms with Crippen LogP contribution in [0.1, 0.15) is 30.4 Å². The first-order valence-electron chi connectivity index (χ1n) is 10.9. The summed E-state index contributed by atoms with van der Waals surface area (Å²) < 4.78 is 5.86. The Morgan fingerprint density at radius 1 is 1.06 bits per heavy atom. The van der Waals surface area contributed by atoms with Crippen molar-refractivity contribution in [2.75, 3.05) is 24.5 Å². The van der Waals surface area contributed by atoms with Gasteiger partial charge in [-0.05, 0) is 63.1 Å². The van der Waals surface area contributed by atoms with Crippen molar-refractivity contribution >= 4 is 28.3 Å². The van der Waals surface area contributed by atoms with Crippen LogP contribution in [-0.2, 0) is 4.79 Å². The van der Waals surface area contributed by atoms with E-state index in [-0.39, 0.29) is 11.4 Å². The number of primary amides is 1. The Morgan fingerprint density at radius 2 is 1.74 bits per heavy atom. The van der Waals surface area contributed by atoms with Gasteiger partial charge in [0.15, 0.2) is 5.13 Å². The van der Waals surface area contributed by atoms with Gasteiger partial charge in [-0.15, -0.1) is 0 Å². The molecular weight excluding hydrogens is 448 g/mol. The van der Waals surface area contributed by atoms with Crippen molar-refractivity contribution in [3.63, 3.8) is 0 Å². The number of hydrogen-bond donors (Lipinski definition) is 1. The molecule has 4 rings (SSSR count). The summed E-state index contributed by atoms with van der Waals surface area (Å²) >= 11 is 1.28. The minimum atomic E-state index is -0.520. The van der Waals surface area contributed by atoms with E-state index in [2.05, 4.69) is 16.7 Å². The molecule has 3 aromatic rings. The van der Waals surface area contributed by atoms with Crippen LogP contribution in [0, 0.1) is 11.8 Å². The minimum Gasteiger partial charge on any atom is -0.457 e. The van der Waals surface area contributed by atoms with Crippen LogP contribution in [0.2, 0.25) is 0 Å². The fraction of sp³-hybridized carbons (Fsp3) is 0.269. The van der Waals surface area contributed by atoms with Gasteiger partial charge in [0, 0.05) is 25.2 Å². The third kappa shape index (κ3) is 4.90. The molecule has 1 aliphatic heterocycles. The molecule has 1 aliphatic rings. The number of ether oxygens (including phenoxy) is 1. The number of nitrogens with two attached hydrogens (primary N) is 1. The van der Waals surface area contributed by atoms with Gasteiger partial charge >= 0.3 is 0 Å². The van der Waals surface area contributed by atoms with Crippen molar-refractivity contribution in [1.82, 2.24) is 9.88 Å². The third-order valence-corrected chi connectivity index (χ3v) is 6.69. The predicted molar refractivity (Wildman–Crippen MR) is 134 cm³/mol. The van der Waals surface area contributed by atoms with E-state index in [1.54, 1.807) is 11.8 Å². The zero-order valence-corrected chi connectivity index (χ0v) is 20.2. The van der Waals surface area contributed by atoms with Gasteiger partial charge in [-0.2, -0.15) is 0 Å². The number of para-hydroxylation sites is 1. The lowest BCUT2D eigenvalue weighted by molar-refractivity contribution is -0.126. The highest BCUT2D eigenvalue weighted by Gasteiger charge is 2.37. The summed E-state index contributed by atoms with van der Waals surface area (Å²) in [5.74, 6) is 6.01. The van der Waals surface area contributed by atoms with Crippen LogP contribution >= 0.6 is 11.3 Å². The van der Waals surface area contributed by atoms with Crippen molar-refractivity contribution in [2.24, 2.45) is 5.73 Å². The number of thiazole rings is 1. The average molecular weight is 475 g/mol. The summed E-state index contributed by atoms with van der Waals surface area (Å²) in [7, 11) is 0. The van der Waals surface area contributed by atoms with E-state index in [9.17, 15) is 9.59 Å². The monoisotopic (exact) mass is 474 g/mol. The minimum absolute atomic E-state index is 0.175. The summed E-state index contributed by atoms with van der Waals surface area (Å²) in [5.41, 5.74) is 6.65. The van der Waals surface area contributed by atoms with E-state index >= 15 is 0 Å². The van der Waals surface area contributed by atoms with E-state index < -0.39 is 5.91 Å². The summed E-state index contributed by atoms with van der Waals surface area (Å²) in [4.78, 5) is 33.6. The molecule has 2 amide bonds. The molecule has 7 nitrogen and oxygen atoms in total. The van der Waals surface area contributed by atoms with Crippen LogP contribution in [0.15, 0.2) is 54.6 Å². The lowest BCUT2D eigenvalue weighted by Crippen LogP contribution is -2.60. The highest BCUT2D eigenvalue weighted by atomic mass is 32.1. The molecule has 0 saturated carbocycles. The number of piperazine rings is 1. The number of anilines is 1. The molecule has 2 heterocycles. The number of hydrogen-bond acceptors (Lipinski definition) is 6. The summed E-state index contributed by atoms with van der Waals surface area (Å²) in [5, 5.41) is 0.701. The van der Waals surface area contributed by atoms with Gasteiger partial charge in [0.05, 0.1) is 11.2 Å². The molecule has 0 radical (unpaired) electrons. The summed E-state index contributed by atoms with van der Waals surface area (Å²) in [6, 6.07) is 16.9. The van der Waals surface area contributed by atoms with Gasteiger partial charge in [0.1, 0.15) is 16.4 Å². The standard InChI is InChI=1S/C26H26N4O3S/c1-4-8-21(31)29-15-16-30(26(2,3)17-29)25-28-22(23(34-25)24(27)32)18-11-13-20(14-12-18)33-19-9-6-5-7-10-19/h5-7,9-14H,15-17H2,1-3H3,(H2,27,32). The molecule has 34 heavy (non-hydrogen) atoms. The molecule has 1 saturated heterocycles. The molecule has 1 aromatic heterocycles. The van der Waals surface area contributed by atoms with Crippen molar-refractivity contribution in [3.8, 4) is 34.6 Å². The smallest absolute Gasteiger partial charge is 0.298 e. The van der Waals surface area contributed by atoms with E-state index in [1.807, 2.05) is 68.4 Å². The van der Waals surface area contributed by atoms with Gasteiger partial charge in [-0.3, -0.25) is 9.59 Å². The molecule has 0 atom stereocenters. The zero-order chi connectivity index (χ0) is 24.3. The van der Waals surface area contributed by atoms with Crippen LogP contribution in [0.3, 0.4) is 0 Å². The molecule has 0 unspecified atom stereocenters. The SMILES string of the molecule is CC#CC(=O)N1CCN(c2nc(-c3ccc(Oc4ccccc4)cc3)c(C(N)=O)s2)C(C)(C)C1. The Bertz CT molecular complexity index is 1260. The molecule has 0 spiro atoms. The molecule has 0 aliphatic carbocycles. The van der Waals surface area contributed by atoms with Crippen LogP contribution in [0.4, 0.5) is 5.13 Å². The first-order chi connectivity index (χ1) is 16.3. The van der Waals surface area contributed by atoms with Crippen molar-refractivity contribution in [2.45, 2.75) is 26.3 Å². The van der Waals surface area contributed by atoms with Crippen molar-refractivity contribution < 1.29 is 14.3 Å². The van der Waals surface area contributed by atoms with Crippen molar-refractivity contribution in [3.05, 3.63) is 59.5 Å². The summed E-state index contributed by atoms with van der Waals surface area (Å²) in [6.45, 7) is 7.37. The van der Waals surface area contributed by atoms with Gasteiger partial charge in [0.25, 0.3) is 11.8 Å². The lowest BCUT2D eigenvalue weighted by atomic mass is 9.99. The first kappa shape index (κ1) is 23.3. The highest BCUT2D eigenvalue weighted by Crippen LogP contribution is 2.37. The van der Waals surface area contributed by atoms with Gasteiger partial charge in [0.2, 0.25) is 0 Å². The van der Waals surface area contributed by atoms with Crippen LogP contribution in [-0.4, -0.2) is 46.9 Å². The largest absolute Gasteiger partial charge is 0.457 e. The van der Waals surface area contributed by atoms with E-state index in [0.29, 0.717) is 41.1 Å². The molecule has 8 heteroatoms. The van der Waals surface area contributed by atoms with Gasteiger partial charge in [-0.25, -0.2) is 4.98 Å². The number of carbonyl (C=O) groups is 2. The molecule has 174 valence electrons. The fourth-order valence-electron chi connectivity index (χ4n) is 3.96. The van der Waals surface area contributed by atoms with Crippen LogP contribution in [0.25, 0.3) is 11.3 Å². The van der Waals surface area contributed by atoms with Gasteiger partial charge in [-0.1, -0.05) is 35.5 Å². The second kappa shape index (κ2) is 9.57. The van der Waals surface area contributed by atoms with E-state index in [0.717, 1.165) is 11.3 Å². The lowest BCUT2D eigenvalue weighted by Gasteiger charge is -2.46. The Balaban J connectivity index is 1.59.